The fourth-order valence-corrected chi connectivity index (χ4v) is 8.10. The Morgan fingerprint density at radius 2 is 1.69 bits per heavy atom. The van der Waals surface area contributed by atoms with Crippen molar-refractivity contribution in [1.29, 1.82) is 0 Å². The van der Waals surface area contributed by atoms with Gasteiger partial charge in [0.05, 0.1) is 36.6 Å². The van der Waals surface area contributed by atoms with Crippen LogP contribution in [0.1, 0.15) is 41.1 Å². The van der Waals surface area contributed by atoms with Crippen molar-refractivity contribution in [3.05, 3.63) is 125 Å². The third kappa shape index (κ3) is 6.38. The second kappa shape index (κ2) is 14.3. The van der Waals surface area contributed by atoms with Crippen molar-refractivity contribution >= 4 is 29.4 Å². The first-order chi connectivity index (χ1) is 24.7. The molecule has 4 aliphatic rings. The number of nitrogens with one attached hydrogen (secondary N) is 1. The number of nitrogens with zero attached hydrogens (tertiary/aromatic N) is 2. The highest BCUT2D eigenvalue weighted by Gasteiger charge is 2.74. The molecule has 0 aliphatic carbocycles. The summed E-state index contributed by atoms with van der Waals surface area (Å²) in [5.74, 6) is -3.65. The van der Waals surface area contributed by atoms with Gasteiger partial charge >= 0.3 is 5.97 Å². The molecule has 7 atom stereocenters. The summed E-state index contributed by atoms with van der Waals surface area (Å²) < 4.78 is 12.3. The van der Waals surface area contributed by atoms with Crippen LogP contribution in [0.25, 0.3) is 0 Å². The first-order valence-corrected chi connectivity index (χ1v) is 17.6. The number of fused-ring (bicyclic) bond motifs is 2. The van der Waals surface area contributed by atoms with Gasteiger partial charge in [-0.05, 0) is 55.0 Å². The van der Waals surface area contributed by atoms with Crippen LogP contribution in [0.2, 0.25) is 0 Å². The van der Waals surface area contributed by atoms with Crippen LogP contribution in [0, 0.1) is 25.7 Å². The van der Waals surface area contributed by atoms with E-state index in [1.54, 1.807) is 17.1 Å². The predicted octanol–water partition coefficient (Wildman–Crippen LogP) is 4.14. The lowest BCUT2D eigenvalue weighted by Gasteiger charge is -2.39. The molecule has 0 aromatic heterocycles. The van der Waals surface area contributed by atoms with Crippen LogP contribution in [0.15, 0.2) is 103 Å². The van der Waals surface area contributed by atoms with Gasteiger partial charge in [-0.1, -0.05) is 97.1 Å². The number of hydrogen-bond donors (Lipinski definition) is 2. The molecule has 2 N–H and O–H groups in total. The fraction of sp³-hybridized carbons (Fsp3) is 0.366. The maximum absolute atomic E-state index is 15.3. The van der Waals surface area contributed by atoms with E-state index >= 15 is 4.79 Å². The molecule has 51 heavy (non-hydrogen) atoms. The summed E-state index contributed by atoms with van der Waals surface area (Å²) in [7, 11) is 0. The maximum Gasteiger partial charge on any atom is 0.306 e. The number of carbonyl (C=O) groups excluding carboxylic acids is 4. The Morgan fingerprint density at radius 1 is 0.941 bits per heavy atom. The van der Waals surface area contributed by atoms with E-state index in [1.165, 1.54) is 4.90 Å². The SMILES string of the molecule is Cc1ccc(C)c(N2C/C=C\CCC(=O)OC[C@@H](c3ccccc3)NC(=O)[C@@H]3[C@@H]4C=C[C@]5(O4)[C@H](C2=O)N([C@@H](CO)Cc2ccccc2)C(=O)[C@@H]35)c1. The molecule has 264 valence electrons. The summed E-state index contributed by atoms with van der Waals surface area (Å²) in [5, 5.41) is 14.0. The molecule has 10 heteroatoms. The van der Waals surface area contributed by atoms with E-state index in [9.17, 15) is 19.5 Å². The predicted molar refractivity (Wildman–Crippen MR) is 190 cm³/mol. The highest BCUT2D eigenvalue weighted by molar-refractivity contribution is 6.06. The van der Waals surface area contributed by atoms with E-state index in [0.29, 0.717) is 18.5 Å². The van der Waals surface area contributed by atoms with E-state index in [1.807, 2.05) is 105 Å². The Hall–Kier alpha value is -5.06. The molecule has 3 amide bonds. The number of rotatable bonds is 6. The van der Waals surface area contributed by atoms with E-state index < -0.39 is 66.1 Å². The van der Waals surface area contributed by atoms with Crippen LogP contribution >= 0.6 is 0 Å². The van der Waals surface area contributed by atoms with Crippen LogP contribution in [-0.2, 0) is 35.1 Å². The third-order valence-electron chi connectivity index (χ3n) is 10.6. The van der Waals surface area contributed by atoms with Gasteiger partial charge in [0.2, 0.25) is 11.8 Å². The number of ether oxygens (including phenoxy) is 2. The molecule has 3 aromatic carbocycles. The minimum absolute atomic E-state index is 0.0898. The minimum Gasteiger partial charge on any atom is -0.463 e. The van der Waals surface area contributed by atoms with E-state index in [2.05, 4.69) is 5.32 Å². The van der Waals surface area contributed by atoms with E-state index in [4.69, 9.17) is 9.47 Å². The number of benzene rings is 3. The number of aryl methyl sites for hydroxylation is 2. The zero-order chi connectivity index (χ0) is 35.7. The minimum atomic E-state index is -1.45. The standard InChI is InChI=1S/C41H43N3O7/c1-26-17-18-27(2)32(22-26)43-21-11-5-10-16-34(46)50-25-31(29-14-8-4-9-15-29)42-38(47)35-33-19-20-41(51-33)36(35)39(48)44(37(41)40(43)49)30(24-45)23-28-12-6-3-7-13-28/h3-9,11-15,17-20,22,30-31,33,35-37,45H,10,16,21,23-25H2,1-2H3,(H,42,47)/b11-5-/t30-,31+,33+,35-,36-,37+,41-/m1/s1. The molecule has 0 saturated carbocycles. The number of cyclic esters (lactones) is 1. The number of aliphatic hydroxyl groups is 1. The monoisotopic (exact) mass is 689 g/mol. The number of anilines is 1. The zero-order valence-electron chi connectivity index (χ0n) is 28.8. The van der Waals surface area contributed by atoms with Gasteiger partial charge < -0.3 is 29.7 Å². The molecule has 5 bridgehead atoms. The van der Waals surface area contributed by atoms with Gasteiger partial charge in [-0.25, -0.2) is 0 Å². The molecule has 10 nitrogen and oxygen atoms in total. The van der Waals surface area contributed by atoms with E-state index in [-0.39, 0.29) is 25.5 Å². The quantitative estimate of drug-likeness (QED) is 0.295. The van der Waals surface area contributed by atoms with Gasteiger partial charge in [-0.3, -0.25) is 19.2 Å². The van der Waals surface area contributed by atoms with Crippen molar-refractivity contribution in [1.82, 2.24) is 10.2 Å². The largest absolute Gasteiger partial charge is 0.463 e. The summed E-state index contributed by atoms with van der Waals surface area (Å²) in [6.07, 6.45) is 7.30. The number of hydrogen-bond acceptors (Lipinski definition) is 7. The van der Waals surface area contributed by atoms with Crippen molar-refractivity contribution in [2.24, 2.45) is 11.8 Å². The average Bonchev–Trinajstić information content (AvgIpc) is 3.79. The number of esters is 1. The lowest BCUT2D eigenvalue weighted by atomic mass is 9.74. The van der Waals surface area contributed by atoms with Crippen LogP contribution in [0.3, 0.4) is 0 Å². The molecular formula is C41H43N3O7. The summed E-state index contributed by atoms with van der Waals surface area (Å²) in [6, 6.07) is 22.0. The Kier molecular flexibility index (Phi) is 9.63. The van der Waals surface area contributed by atoms with Gasteiger partial charge in [0.15, 0.2) is 0 Å². The van der Waals surface area contributed by atoms with Crippen molar-refractivity contribution < 1.29 is 33.8 Å². The summed E-state index contributed by atoms with van der Waals surface area (Å²) in [5.41, 5.74) is 2.67. The number of carbonyl (C=O) groups is 4. The molecule has 2 fully saturated rings. The van der Waals surface area contributed by atoms with Gasteiger partial charge in [0.25, 0.3) is 5.91 Å². The van der Waals surface area contributed by atoms with Crippen LogP contribution in [0.4, 0.5) is 5.69 Å². The van der Waals surface area contributed by atoms with Crippen molar-refractivity contribution in [2.75, 3.05) is 24.7 Å². The highest BCUT2D eigenvalue weighted by atomic mass is 16.5. The molecule has 7 rings (SSSR count). The molecule has 1 spiro atoms. The fourth-order valence-electron chi connectivity index (χ4n) is 8.10. The Morgan fingerprint density at radius 3 is 2.43 bits per heavy atom. The third-order valence-corrected chi connectivity index (χ3v) is 10.6. The van der Waals surface area contributed by atoms with Crippen molar-refractivity contribution in [3.63, 3.8) is 0 Å². The first-order valence-electron chi connectivity index (χ1n) is 17.6. The molecule has 4 aliphatic heterocycles. The van der Waals surface area contributed by atoms with Gasteiger partial charge in [-0.2, -0.15) is 0 Å². The molecule has 4 heterocycles. The second-order valence-corrected chi connectivity index (χ2v) is 13.9. The topological polar surface area (TPSA) is 125 Å². The van der Waals surface area contributed by atoms with Crippen LogP contribution in [-0.4, -0.2) is 77.2 Å². The zero-order valence-corrected chi connectivity index (χ0v) is 28.8. The lowest BCUT2D eigenvalue weighted by Crippen LogP contribution is -2.59. The molecule has 2 saturated heterocycles. The Bertz CT molecular complexity index is 1860. The highest BCUT2D eigenvalue weighted by Crippen LogP contribution is 2.56. The van der Waals surface area contributed by atoms with Gasteiger partial charge in [0.1, 0.15) is 18.2 Å². The average molecular weight is 690 g/mol. The second-order valence-electron chi connectivity index (χ2n) is 13.9. The Balaban J connectivity index is 1.35. The lowest BCUT2D eigenvalue weighted by molar-refractivity contribution is -0.146. The number of aliphatic hydroxyl groups excluding tert-OH is 1. The number of amides is 3. The first kappa shape index (κ1) is 34.4. The number of likely N-dealkylation sites (tertiary alicyclic amines) is 1. The van der Waals surface area contributed by atoms with Crippen LogP contribution < -0.4 is 10.2 Å². The van der Waals surface area contributed by atoms with E-state index in [0.717, 1.165) is 22.3 Å². The summed E-state index contributed by atoms with van der Waals surface area (Å²) in [6.45, 7) is 3.55. The summed E-state index contributed by atoms with van der Waals surface area (Å²) >= 11 is 0. The van der Waals surface area contributed by atoms with Gasteiger partial charge in [0, 0.05) is 18.7 Å². The smallest absolute Gasteiger partial charge is 0.306 e. The Labute approximate surface area is 297 Å². The molecule has 3 aromatic rings. The van der Waals surface area contributed by atoms with Crippen LogP contribution in [0.5, 0.6) is 0 Å². The normalized spacial score (nSPS) is 29.1. The molecule has 0 unspecified atom stereocenters. The molecule has 0 radical (unpaired) electrons. The number of allylic oxidation sites excluding steroid dienone is 1. The molecular weight excluding hydrogens is 646 g/mol. The maximum atomic E-state index is 15.3. The van der Waals surface area contributed by atoms with Crippen molar-refractivity contribution in [3.8, 4) is 0 Å². The van der Waals surface area contributed by atoms with Gasteiger partial charge in [-0.15, -0.1) is 0 Å². The van der Waals surface area contributed by atoms with Crippen molar-refractivity contribution in [2.45, 2.75) is 62.9 Å². The summed E-state index contributed by atoms with van der Waals surface area (Å²) in [4.78, 5) is 60.6.